The molecule has 0 fully saturated rings. The number of hydrogen-bond donors (Lipinski definition) is 2. The molecule has 2 amide bonds. The normalized spacial score (nSPS) is 12.5. The summed E-state index contributed by atoms with van der Waals surface area (Å²) in [5.41, 5.74) is 0.105. The van der Waals surface area contributed by atoms with Crippen LogP contribution in [0.2, 0.25) is 0 Å². The van der Waals surface area contributed by atoms with Crippen molar-refractivity contribution in [3.05, 3.63) is 71.3 Å². The zero-order valence-corrected chi connectivity index (χ0v) is 17.0. The highest BCUT2D eigenvalue weighted by Gasteiger charge is 2.30. The molecular weight excluding hydrogens is 395 g/mol. The zero-order chi connectivity index (χ0) is 22.1. The molecule has 0 bridgehead atoms. The molecule has 30 heavy (non-hydrogen) atoms. The predicted octanol–water partition coefficient (Wildman–Crippen LogP) is 3.46. The molecule has 0 radical (unpaired) electrons. The molecule has 162 valence electrons. The average Bonchev–Trinajstić information content (AvgIpc) is 2.71. The van der Waals surface area contributed by atoms with Crippen molar-refractivity contribution in [2.24, 2.45) is 0 Å². The van der Waals surface area contributed by atoms with Gasteiger partial charge in [0.2, 0.25) is 5.91 Å². The Bertz CT molecular complexity index is 841. The fourth-order valence-corrected chi connectivity index (χ4v) is 2.99. The Hall–Kier alpha value is -2.87. The van der Waals surface area contributed by atoms with Crippen molar-refractivity contribution in [3.8, 4) is 0 Å². The molecule has 0 aromatic heterocycles. The van der Waals surface area contributed by atoms with Gasteiger partial charge in [-0.25, -0.2) is 0 Å². The van der Waals surface area contributed by atoms with Gasteiger partial charge in [-0.15, -0.1) is 0 Å². The minimum Gasteiger partial charge on any atom is -0.351 e. The average molecular weight is 421 g/mol. The van der Waals surface area contributed by atoms with Crippen LogP contribution < -0.4 is 10.6 Å². The number of benzene rings is 2. The van der Waals surface area contributed by atoms with Crippen molar-refractivity contribution in [2.75, 3.05) is 20.1 Å². The summed E-state index contributed by atoms with van der Waals surface area (Å²) in [5, 5.41) is 5.22. The number of hydrogen-bond acceptors (Lipinski definition) is 3. The molecule has 2 aromatic carbocycles. The van der Waals surface area contributed by atoms with Gasteiger partial charge in [-0.3, -0.25) is 9.59 Å². The number of nitrogens with zero attached hydrogens (tertiary/aromatic N) is 1. The van der Waals surface area contributed by atoms with Crippen molar-refractivity contribution in [3.63, 3.8) is 0 Å². The number of likely N-dealkylation sites (N-methyl/N-ethyl adjacent to an activating group) is 1. The molecular formula is C22H26F3N3O2. The Morgan fingerprint density at radius 3 is 2.40 bits per heavy atom. The van der Waals surface area contributed by atoms with Gasteiger partial charge in [-0.1, -0.05) is 43.3 Å². The van der Waals surface area contributed by atoms with Gasteiger partial charge < -0.3 is 15.5 Å². The van der Waals surface area contributed by atoms with Crippen molar-refractivity contribution >= 4 is 11.8 Å². The molecule has 5 nitrogen and oxygen atoms in total. The molecule has 8 heteroatoms. The van der Waals surface area contributed by atoms with E-state index < -0.39 is 23.6 Å². The maximum Gasteiger partial charge on any atom is 0.416 e. The summed E-state index contributed by atoms with van der Waals surface area (Å²) in [4.78, 5) is 26.4. The maximum absolute atomic E-state index is 12.8. The standard InChI is InChI=1S/C22H26F3N3O2/c1-3-19(15-28(2)14-16-8-5-4-6-9-16)27-20(29)13-26-21(30)17-10-7-11-18(12-17)22(23,24)25/h4-12,19H,3,13-15H2,1-2H3,(H,26,30)(H,27,29)/t19-/m1/s1. The molecule has 1 atom stereocenters. The number of nitrogens with one attached hydrogen (secondary N) is 2. The number of alkyl halides is 3. The highest BCUT2D eigenvalue weighted by molar-refractivity contribution is 5.96. The van der Waals surface area contributed by atoms with Crippen molar-refractivity contribution in [1.29, 1.82) is 0 Å². The van der Waals surface area contributed by atoms with Gasteiger partial charge in [0.25, 0.3) is 5.91 Å². The Labute approximate surface area is 174 Å². The molecule has 0 heterocycles. The topological polar surface area (TPSA) is 61.4 Å². The van der Waals surface area contributed by atoms with Crippen LogP contribution in [-0.4, -0.2) is 42.9 Å². The number of carbonyl (C=O) groups excluding carboxylic acids is 2. The second-order valence-corrected chi connectivity index (χ2v) is 7.12. The fraction of sp³-hybridized carbons (Fsp3) is 0.364. The molecule has 2 aromatic rings. The van der Waals surface area contributed by atoms with Crippen LogP contribution in [-0.2, 0) is 17.5 Å². The highest BCUT2D eigenvalue weighted by atomic mass is 19.4. The molecule has 0 unspecified atom stereocenters. The van der Waals surface area contributed by atoms with Gasteiger partial charge in [-0.05, 0) is 37.2 Å². The van der Waals surface area contributed by atoms with E-state index in [9.17, 15) is 22.8 Å². The molecule has 0 spiro atoms. The lowest BCUT2D eigenvalue weighted by Gasteiger charge is -2.24. The minimum absolute atomic E-state index is 0.114. The molecule has 2 N–H and O–H groups in total. The monoisotopic (exact) mass is 421 g/mol. The first-order chi connectivity index (χ1) is 14.2. The molecule has 0 saturated heterocycles. The summed E-state index contributed by atoms with van der Waals surface area (Å²) in [5.74, 6) is -1.12. The molecule has 0 aliphatic rings. The van der Waals surface area contributed by atoms with E-state index in [1.807, 2.05) is 44.3 Å². The van der Waals surface area contributed by atoms with Crippen LogP contribution in [0.25, 0.3) is 0 Å². The third-order valence-corrected chi connectivity index (χ3v) is 4.55. The van der Waals surface area contributed by atoms with Crippen LogP contribution in [0.5, 0.6) is 0 Å². The van der Waals surface area contributed by atoms with Crippen molar-refractivity contribution < 1.29 is 22.8 Å². The summed E-state index contributed by atoms with van der Waals surface area (Å²) >= 11 is 0. The van der Waals surface area contributed by atoms with Gasteiger partial charge in [0.15, 0.2) is 0 Å². The second-order valence-electron chi connectivity index (χ2n) is 7.12. The summed E-state index contributed by atoms with van der Waals surface area (Å²) < 4.78 is 38.3. The molecule has 0 aliphatic heterocycles. The van der Waals surface area contributed by atoms with Gasteiger partial charge >= 0.3 is 6.18 Å². The lowest BCUT2D eigenvalue weighted by Crippen LogP contribution is -2.46. The van der Waals surface area contributed by atoms with Crippen LogP contribution in [0.1, 0.15) is 34.8 Å². The minimum atomic E-state index is -4.53. The summed E-state index contributed by atoms with van der Waals surface area (Å²) in [7, 11) is 1.96. The summed E-state index contributed by atoms with van der Waals surface area (Å²) in [6.07, 6.45) is -3.83. The first-order valence-electron chi connectivity index (χ1n) is 9.66. The van der Waals surface area contributed by atoms with Gasteiger partial charge in [-0.2, -0.15) is 13.2 Å². The Balaban J connectivity index is 1.83. The van der Waals surface area contributed by atoms with Crippen LogP contribution in [0.4, 0.5) is 13.2 Å². The van der Waals surface area contributed by atoms with Crippen LogP contribution in [0, 0.1) is 0 Å². The lowest BCUT2D eigenvalue weighted by atomic mass is 10.1. The lowest BCUT2D eigenvalue weighted by molar-refractivity contribution is -0.137. The largest absolute Gasteiger partial charge is 0.416 e. The van der Waals surface area contributed by atoms with E-state index in [1.54, 1.807) is 0 Å². The van der Waals surface area contributed by atoms with Gasteiger partial charge in [0.1, 0.15) is 0 Å². The number of amides is 2. The third kappa shape index (κ3) is 7.51. The van der Waals surface area contributed by atoms with Crippen LogP contribution in [0.15, 0.2) is 54.6 Å². The Kier molecular flexibility index (Phi) is 8.41. The number of carbonyl (C=O) groups is 2. The summed E-state index contributed by atoms with van der Waals surface area (Å²) in [6, 6.07) is 13.9. The molecule has 0 aliphatic carbocycles. The number of rotatable bonds is 9. The first kappa shape index (κ1) is 23.4. The van der Waals surface area contributed by atoms with Gasteiger partial charge in [0.05, 0.1) is 12.1 Å². The van der Waals surface area contributed by atoms with E-state index in [4.69, 9.17) is 0 Å². The zero-order valence-electron chi connectivity index (χ0n) is 17.0. The number of halogens is 3. The Morgan fingerprint density at radius 1 is 1.07 bits per heavy atom. The highest BCUT2D eigenvalue weighted by Crippen LogP contribution is 2.29. The van der Waals surface area contributed by atoms with Crippen molar-refractivity contribution in [2.45, 2.75) is 32.1 Å². The van der Waals surface area contributed by atoms with E-state index in [2.05, 4.69) is 15.5 Å². The second kappa shape index (κ2) is 10.8. The van der Waals surface area contributed by atoms with Crippen LogP contribution >= 0.6 is 0 Å². The van der Waals surface area contributed by atoms with E-state index >= 15 is 0 Å². The quantitative estimate of drug-likeness (QED) is 0.652. The first-order valence-corrected chi connectivity index (χ1v) is 9.66. The smallest absolute Gasteiger partial charge is 0.351 e. The third-order valence-electron chi connectivity index (χ3n) is 4.55. The molecule has 0 saturated carbocycles. The maximum atomic E-state index is 12.8. The molecule has 2 rings (SSSR count). The van der Waals surface area contributed by atoms with E-state index in [-0.39, 0.29) is 18.2 Å². The summed E-state index contributed by atoms with van der Waals surface area (Å²) in [6.45, 7) is 2.99. The fourth-order valence-electron chi connectivity index (χ4n) is 2.99. The Morgan fingerprint density at radius 2 is 1.77 bits per heavy atom. The van der Waals surface area contributed by atoms with E-state index in [0.29, 0.717) is 13.0 Å². The van der Waals surface area contributed by atoms with Crippen LogP contribution in [0.3, 0.4) is 0 Å². The van der Waals surface area contributed by atoms with Crippen molar-refractivity contribution in [1.82, 2.24) is 15.5 Å². The van der Waals surface area contributed by atoms with Gasteiger partial charge in [0, 0.05) is 24.7 Å². The SMILES string of the molecule is CC[C@H](CN(C)Cc1ccccc1)NC(=O)CNC(=O)c1cccc(C(F)(F)F)c1. The predicted molar refractivity (Wildman–Crippen MR) is 109 cm³/mol. The van der Waals surface area contributed by atoms with E-state index in [0.717, 1.165) is 30.3 Å². The van der Waals surface area contributed by atoms with E-state index in [1.165, 1.54) is 6.07 Å².